The molecule has 1 N–H and O–H groups in total. The van der Waals surface area contributed by atoms with Gasteiger partial charge in [0.2, 0.25) is 0 Å². The number of amides is 1. The summed E-state index contributed by atoms with van der Waals surface area (Å²) >= 11 is 0. The van der Waals surface area contributed by atoms with E-state index in [4.69, 9.17) is 4.74 Å². The van der Waals surface area contributed by atoms with E-state index in [1.165, 1.54) is 5.56 Å². The van der Waals surface area contributed by atoms with Crippen molar-refractivity contribution in [1.82, 2.24) is 4.90 Å². The van der Waals surface area contributed by atoms with Crippen molar-refractivity contribution in [3.63, 3.8) is 0 Å². The topological polar surface area (TPSA) is 49.8 Å². The molecule has 1 aliphatic heterocycles. The van der Waals surface area contributed by atoms with E-state index < -0.39 is 0 Å². The van der Waals surface area contributed by atoms with E-state index in [9.17, 15) is 9.90 Å². The fourth-order valence-electron chi connectivity index (χ4n) is 2.24. The van der Waals surface area contributed by atoms with E-state index in [1.54, 1.807) is 4.90 Å². The molecule has 19 heavy (non-hydrogen) atoms. The molecule has 104 valence electrons. The van der Waals surface area contributed by atoms with Gasteiger partial charge in [0, 0.05) is 13.1 Å². The first-order valence-corrected chi connectivity index (χ1v) is 6.86. The summed E-state index contributed by atoms with van der Waals surface area (Å²) in [5.74, 6) is 0.654. The number of hydrogen-bond acceptors (Lipinski definition) is 3. The van der Waals surface area contributed by atoms with Crippen LogP contribution in [-0.2, 0) is 11.2 Å². The number of ether oxygens (including phenoxy) is 1. The van der Waals surface area contributed by atoms with Gasteiger partial charge in [0.05, 0.1) is 6.10 Å². The smallest absolute Gasteiger partial charge is 0.260 e. The van der Waals surface area contributed by atoms with Crippen molar-refractivity contribution in [2.24, 2.45) is 0 Å². The standard InChI is InChI=1S/C15H21NO3/c1-2-12-5-7-14(8-6-12)19-11-15(18)16-9-3-4-13(17)10-16/h5-8,13,17H,2-4,9-11H2,1H3/t13-/m0/s1. The molecule has 1 fully saturated rings. The number of rotatable bonds is 4. The van der Waals surface area contributed by atoms with Crippen LogP contribution in [0.2, 0.25) is 0 Å². The Morgan fingerprint density at radius 2 is 2.16 bits per heavy atom. The largest absolute Gasteiger partial charge is 0.484 e. The maximum Gasteiger partial charge on any atom is 0.260 e. The summed E-state index contributed by atoms with van der Waals surface area (Å²) < 4.78 is 5.48. The number of aryl methyl sites for hydroxylation is 1. The van der Waals surface area contributed by atoms with Gasteiger partial charge in [-0.2, -0.15) is 0 Å². The molecule has 0 spiro atoms. The van der Waals surface area contributed by atoms with Crippen LogP contribution in [0.1, 0.15) is 25.3 Å². The zero-order valence-electron chi connectivity index (χ0n) is 11.3. The first kappa shape index (κ1) is 13.9. The Labute approximate surface area is 114 Å². The fourth-order valence-corrected chi connectivity index (χ4v) is 2.24. The van der Waals surface area contributed by atoms with Gasteiger partial charge in [-0.3, -0.25) is 4.79 Å². The molecule has 0 bridgehead atoms. The van der Waals surface area contributed by atoms with Crippen LogP contribution >= 0.6 is 0 Å². The lowest BCUT2D eigenvalue weighted by atomic mass is 10.1. The minimum absolute atomic E-state index is 0.0399. The zero-order valence-corrected chi connectivity index (χ0v) is 11.3. The number of benzene rings is 1. The molecule has 4 heteroatoms. The van der Waals surface area contributed by atoms with Crippen LogP contribution < -0.4 is 4.74 Å². The summed E-state index contributed by atoms with van der Waals surface area (Å²) in [4.78, 5) is 13.6. The van der Waals surface area contributed by atoms with Crippen LogP contribution in [-0.4, -0.2) is 41.7 Å². The van der Waals surface area contributed by atoms with Crippen LogP contribution in [0.25, 0.3) is 0 Å². The summed E-state index contributed by atoms with van der Waals surface area (Å²) in [6, 6.07) is 7.78. The third-order valence-corrected chi connectivity index (χ3v) is 3.44. The van der Waals surface area contributed by atoms with Gasteiger partial charge in [0.1, 0.15) is 5.75 Å². The van der Waals surface area contributed by atoms with E-state index in [-0.39, 0.29) is 18.6 Å². The van der Waals surface area contributed by atoms with Crippen LogP contribution in [0.15, 0.2) is 24.3 Å². The Bertz CT molecular complexity index is 416. The number of carbonyl (C=O) groups is 1. The van der Waals surface area contributed by atoms with E-state index >= 15 is 0 Å². The Morgan fingerprint density at radius 1 is 1.42 bits per heavy atom. The summed E-state index contributed by atoms with van der Waals surface area (Å²) in [6.45, 7) is 3.28. The van der Waals surface area contributed by atoms with Crippen molar-refractivity contribution in [2.75, 3.05) is 19.7 Å². The summed E-state index contributed by atoms with van der Waals surface area (Å²) in [7, 11) is 0. The second kappa shape index (κ2) is 6.57. The van der Waals surface area contributed by atoms with Gasteiger partial charge in [-0.15, -0.1) is 0 Å². The van der Waals surface area contributed by atoms with Crippen LogP contribution in [0.5, 0.6) is 5.75 Å². The fraction of sp³-hybridized carbons (Fsp3) is 0.533. The molecule has 1 aromatic rings. The second-order valence-electron chi connectivity index (χ2n) is 4.92. The van der Waals surface area contributed by atoms with E-state index in [0.29, 0.717) is 18.8 Å². The average Bonchev–Trinajstić information content (AvgIpc) is 2.45. The lowest BCUT2D eigenvalue weighted by Gasteiger charge is -2.30. The lowest BCUT2D eigenvalue weighted by molar-refractivity contribution is -0.136. The SMILES string of the molecule is CCc1ccc(OCC(=O)N2CCC[C@H](O)C2)cc1. The Balaban J connectivity index is 1.82. The highest BCUT2D eigenvalue weighted by Crippen LogP contribution is 2.14. The molecule has 1 aromatic carbocycles. The number of β-amino-alcohol motifs (C(OH)–C–C–N with tert-alkyl or cyclic N) is 1. The highest BCUT2D eigenvalue weighted by Gasteiger charge is 2.22. The molecule has 1 aliphatic rings. The molecule has 1 atom stereocenters. The van der Waals surface area contributed by atoms with Gasteiger partial charge in [0.15, 0.2) is 6.61 Å². The van der Waals surface area contributed by atoms with Gasteiger partial charge in [-0.1, -0.05) is 19.1 Å². The van der Waals surface area contributed by atoms with E-state index in [0.717, 1.165) is 19.3 Å². The quantitative estimate of drug-likeness (QED) is 0.898. The number of aliphatic hydroxyl groups excluding tert-OH is 1. The monoisotopic (exact) mass is 263 g/mol. The number of nitrogens with zero attached hydrogens (tertiary/aromatic N) is 1. The molecule has 0 aromatic heterocycles. The van der Waals surface area contributed by atoms with Crippen LogP contribution in [0.4, 0.5) is 0 Å². The van der Waals surface area contributed by atoms with Crippen molar-refractivity contribution < 1.29 is 14.6 Å². The van der Waals surface area contributed by atoms with Gasteiger partial charge in [-0.25, -0.2) is 0 Å². The van der Waals surface area contributed by atoms with Crippen molar-refractivity contribution in [3.8, 4) is 5.75 Å². The molecule has 0 aliphatic carbocycles. The third-order valence-electron chi connectivity index (χ3n) is 3.44. The van der Waals surface area contributed by atoms with Crippen molar-refractivity contribution in [3.05, 3.63) is 29.8 Å². The highest BCUT2D eigenvalue weighted by atomic mass is 16.5. The summed E-state index contributed by atoms with van der Waals surface area (Å²) in [5, 5.41) is 9.54. The van der Waals surface area contributed by atoms with Crippen molar-refractivity contribution in [1.29, 1.82) is 0 Å². The molecule has 0 radical (unpaired) electrons. The summed E-state index contributed by atoms with van der Waals surface area (Å²) in [5.41, 5.74) is 1.25. The number of hydrogen-bond donors (Lipinski definition) is 1. The number of likely N-dealkylation sites (tertiary alicyclic amines) is 1. The molecular formula is C15H21NO3. The Hall–Kier alpha value is -1.55. The van der Waals surface area contributed by atoms with Gasteiger partial charge >= 0.3 is 0 Å². The molecule has 1 amide bonds. The Morgan fingerprint density at radius 3 is 2.79 bits per heavy atom. The van der Waals surface area contributed by atoms with E-state index in [2.05, 4.69) is 6.92 Å². The van der Waals surface area contributed by atoms with Crippen LogP contribution in [0.3, 0.4) is 0 Å². The normalized spacial score (nSPS) is 19.3. The van der Waals surface area contributed by atoms with E-state index in [1.807, 2.05) is 24.3 Å². The predicted molar refractivity (Wildman–Crippen MR) is 73.1 cm³/mol. The minimum Gasteiger partial charge on any atom is -0.484 e. The first-order valence-electron chi connectivity index (χ1n) is 6.86. The number of piperidine rings is 1. The predicted octanol–water partition coefficient (Wildman–Crippen LogP) is 1.61. The van der Waals surface area contributed by atoms with Crippen LogP contribution in [0, 0.1) is 0 Å². The maximum absolute atomic E-state index is 11.9. The number of carbonyl (C=O) groups excluding carboxylic acids is 1. The Kier molecular flexibility index (Phi) is 4.80. The maximum atomic E-state index is 11.9. The molecule has 0 unspecified atom stereocenters. The van der Waals surface area contributed by atoms with Crippen molar-refractivity contribution in [2.45, 2.75) is 32.3 Å². The average molecular weight is 263 g/mol. The van der Waals surface area contributed by atoms with Gasteiger partial charge in [-0.05, 0) is 37.0 Å². The number of aliphatic hydroxyl groups is 1. The van der Waals surface area contributed by atoms with Gasteiger partial charge in [0.25, 0.3) is 5.91 Å². The molecule has 0 saturated carbocycles. The lowest BCUT2D eigenvalue weighted by Crippen LogP contribution is -2.44. The molecule has 1 saturated heterocycles. The molecule has 2 rings (SSSR count). The molecular weight excluding hydrogens is 242 g/mol. The first-order chi connectivity index (χ1) is 9.19. The van der Waals surface area contributed by atoms with Gasteiger partial charge < -0.3 is 14.7 Å². The highest BCUT2D eigenvalue weighted by molar-refractivity contribution is 5.77. The molecule has 4 nitrogen and oxygen atoms in total. The van der Waals surface area contributed by atoms with Crippen molar-refractivity contribution >= 4 is 5.91 Å². The third kappa shape index (κ3) is 3.96. The second-order valence-corrected chi connectivity index (χ2v) is 4.92. The molecule has 1 heterocycles. The summed E-state index contributed by atoms with van der Waals surface area (Å²) in [6.07, 6.45) is 2.24. The minimum atomic E-state index is -0.387. The zero-order chi connectivity index (χ0) is 13.7.